The van der Waals surface area contributed by atoms with E-state index in [1.54, 1.807) is 30.3 Å². The Labute approximate surface area is 249 Å². The Bertz CT molecular complexity index is 1500. The number of hydrogen-bond acceptors (Lipinski definition) is 4. The molecule has 41 heavy (non-hydrogen) atoms. The molecule has 0 aliphatic carbocycles. The highest BCUT2D eigenvalue weighted by Crippen LogP contribution is 2.29. The fourth-order valence-electron chi connectivity index (χ4n) is 4.45. The molecule has 3 rings (SSSR count). The van der Waals surface area contributed by atoms with E-state index in [-0.39, 0.29) is 23.0 Å². The molecule has 1 atom stereocenters. The molecule has 0 saturated carbocycles. The Morgan fingerprint density at radius 2 is 1.56 bits per heavy atom. The van der Waals surface area contributed by atoms with Crippen molar-refractivity contribution in [3.63, 3.8) is 0 Å². The maximum Gasteiger partial charge on any atom is 0.264 e. The Morgan fingerprint density at radius 3 is 2.12 bits per heavy atom. The summed E-state index contributed by atoms with van der Waals surface area (Å²) < 4.78 is 29.1. The first-order valence-electron chi connectivity index (χ1n) is 13.7. The zero-order chi connectivity index (χ0) is 30.5. The van der Waals surface area contributed by atoms with Crippen LogP contribution < -0.4 is 9.62 Å². The lowest BCUT2D eigenvalue weighted by atomic mass is 10.0. The second kappa shape index (κ2) is 13.1. The molecule has 0 bridgehead atoms. The lowest BCUT2D eigenvalue weighted by Gasteiger charge is -2.35. The standard InChI is InChI=1S/C32H40ClN3O4S/c1-8-29(31(38)34-32(5,6)7)35(20-25-12-10-9-11-23(25)3)30(37)21-36(26-16-15-24(4)28(33)19-26)41(39,40)27-17-13-22(2)14-18-27/h9-19,29H,8,20-21H2,1-7H3,(H,34,38)/t29-/m1/s1. The Hall–Kier alpha value is -3.36. The van der Waals surface area contributed by atoms with Gasteiger partial charge in [0, 0.05) is 17.1 Å². The summed E-state index contributed by atoms with van der Waals surface area (Å²) in [7, 11) is -4.16. The van der Waals surface area contributed by atoms with Crippen LogP contribution in [0.5, 0.6) is 0 Å². The van der Waals surface area contributed by atoms with Gasteiger partial charge >= 0.3 is 0 Å². The SMILES string of the molecule is CC[C@H](C(=O)NC(C)(C)C)N(Cc1ccccc1C)C(=O)CN(c1ccc(C)c(Cl)c1)S(=O)(=O)c1ccc(C)cc1. The van der Waals surface area contributed by atoms with Gasteiger partial charge in [0.2, 0.25) is 11.8 Å². The maximum absolute atomic E-state index is 14.2. The maximum atomic E-state index is 14.2. The fraction of sp³-hybridized carbons (Fsp3) is 0.375. The largest absolute Gasteiger partial charge is 0.350 e. The Kier molecular flexibility index (Phi) is 10.3. The van der Waals surface area contributed by atoms with Crippen molar-refractivity contribution in [1.29, 1.82) is 0 Å². The first kappa shape index (κ1) is 32.2. The quantitative estimate of drug-likeness (QED) is 0.302. The third kappa shape index (κ3) is 8.11. The number of nitrogens with zero attached hydrogens (tertiary/aromatic N) is 2. The molecule has 0 unspecified atom stereocenters. The zero-order valence-electron chi connectivity index (χ0n) is 24.9. The highest BCUT2D eigenvalue weighted by molar-refractivity contribution is 7.92. The van der Waals surface area contributed by atoms with Gasteiger partial charge in [-0.15, -0.1) is 0 Å². The van der Waals surface area contributed by atoms with Crippen molar-refractivity contribution < 1.29 is 18.0 Å². The van der Waals surface area contributed by atoms with Crippen LogP contribution >= 0.6 is 11.6 Å². The van der Waals surface area contributed by atoms with Gasteiger partial charge in [-0.2, -0.15) is 0 Å². The smallest absolute Gasteiger partial charge is 0.264 e. The van der Waals surface area contributed by atoms with Gasteiger partial charge in [-0.25, -0.2) is 8.42 Å². The number of aryl methyl sites for hydroxylation is 3. The Balaban J connectivity index is 2.11. The molecule has 3 aromatic carbocycles. The lowest BCUT2D eigenvalue weighted by Crippen LogP contribution is -2.55. The van der Waals surface area contributed by atoms with Crippen LogP contribution in [0.4, 0.5) is 5.69 Å². The molecule has 0 spiro atoms. The number of nitrogens with one attached hydrogen (secondary N) is 1. The number of anilines is 1. The summed E-state index contributed by atoms with van der Waals surface area (Å²) >= 11 is 6.40. The number of hydrogen-bond donors (Lipinski definition) is 1. The summed E-state index contributed by atoms with van der Waals surface area (Å²) in [6, 6.07) is 18.2. The summed E-state index contributed by atoms with van der Waals surface area (Å²) in [5.41, 5.74) is 3.27. The number of rotatable bonds is 10. The van der Waals surface area contributed by atoms with E-state index in [4.69, 9.17) is 11.6 Å². The number of benzene rings is 3. The molecule has 0 heterocycles. The lowest BCUT2D eigenvalue weighted by molar-refractivity contribution is -0.141. The van der Waals surface area contributed by atoms with Crippen LogP contribution in [0.2, 0.25) is 5.02 Å². The summed E-state index contributed by atoms with van der Waals surface area (Å²) in [6.45, 7) is 12.7. The third-order valence-electron chi connectivity index (χ3n) is 6.82. The first-order chi connectivity index (χ1) is 19.1. The van der Waals surface area contributed by atoms with Crippen LogP contribution in [0.15, 0.2) is 71.6 Å². The van der Waals surface area contributed by atoms with Crippen molar-refractivity contribution in [3.05, 3.63) is 94.0 Å². The van der Waals surface area contributed by atoms with Gasteiger partial charge in [0.25, 0.3) is 10.0 Å². The van der Waals surface area contributed by atoms with Gasteiger partial charge in [0.05, 0.1) is 10.6 Å². The highest BCUT2D eigenvalue weighted by Gasteiger charge is 2.35. The molecular formula is C32H40ClN3O4S. The van der Waals surface area contributed by atoms with Crippen LogP contribution in [0, 0.1) is 20.8 Å². The van der Waals surface area contributed by atoms with Gasteiger partial charge in [0.15, 0.2) is 0 Å². The second-order valence-corrected chi connectivity index (χ2v) is 13.6. The monoisotopic (exact) mass is 597 g/mol. The number of carbonyl (C=O) groups is 2. The van der Waals surface area contributed by atoms with Crippen LogP contribution in [0.3, 0.4) is 0 Å². The van der Waals surface area contributed by atoms with Crippen molar-refractivity contribution in [2.75, 3.05) is 10.8 Å². The van der Waals surface area contributed by atoms with Crippen molar-refractivity contribution in [2.24, 2.45) is 0 Å². The van der Waals surface area contributed by atoms with E-state index in [2.05, 4.69) is 5.32 Å². The molecule has 0 aliphatic rings. The van der Waals surface area contributed by atoms with Crippen molar-refractivity contribution in [3.8, 4) is 0 Å². The van der Waals surface area contributed by atoms with Gasteiger partial charge in [-0.1, -0.05) is 66.6 Å². The molecule has 9 heteroatoms. The van der Waals surface area contributed by atoms with Crippen LogP contribution in [-0.4, -0.2) is 43.3 Å². The van der Waals surface area contributed by atoms with Crippen LogP contribution in [0.1, 0.15) is 56.4 Å². The molecule has 1 N–H and O–H groups in total. The molecule has 0 aliphatic heterocycles. The molecule has 220 valence electrons. The molecule has 0 aromatic heterocycles. The minimum atomic E-state index is -4.16. The van der Waals surface area contributed by atoms with Gasteiger partial charge in [-0.3, -0.25) is 13.9 Å². The number of halogens is 1. The number of carbonyl (C=O) groups excluding carboxylic acids is 2. The molecule has 0 radical (unpaired) electrons. The minimum Gasteiger partial charge on any atom is -0.350 e. The van der Waals surface area contributed by atoms with Gasteiger partial charge in [-0.05, 0) is 88.9 Å². The zero-order valence-corrected chi connectivity index (χ0v) is 26.4. The minimum absolute atomic E-state index is 0.0515. The van der Waals surface area contributed by atoms with Gasteiger partial charge in [0.1, 0.15) is 12.6 Å². The summed E-state index contributed by atoms with van der Waals surface area (Å²) in [6.07, 6.45) is 0.348. The second-order valence-electron chi connectivity index (χ2n) is 11.4. The molecule has 3 aromatic rings. The number of sulfonamides is 1. The summed E-state index contributed by atoms with van der Waals surface area (Å²) in [5, 5.41) is 3.37. The molecule has 0 saturated heterocycles. The average molecular weight is 598 g/mol. The van der Waals surface area contributed by atoms with Crippen molar-refractivity contribution in [1.82, 2.24) is 10.2 Å². The highest BCUT2D eigenvalue weighted by atomic mass is 35.5. The normalized spacial score (nSPS) is 12.5. The average Bonchev–Trinajstić information content (AvgIpc) is 2.89. The van der Waals surface area contributed by atoms with E-state index in [9.17, 15) is 18.0 Å². The van der Waals surface area contributed by atoms with Crippen LogP contribution in [-0.2, 0) is 26.2 Å². The Morgan fingerprint density at radius 1 is 0.927 bits per heavy atom. The van der Waals surface area contributed by atoms with E-state index >= 15 is 0 Å². The summed E-state index contributed by atoms with van der Waals surface area (Å²) in [5.74, 6) is -0.801. The van der Waals surface area contributed by atoms with E-state index in [1.807, 2.05) is 72.7 Å². The van der Waals surface area contributed by atoms with E-state index in [0.29, 0.717) is 11.4 Å². The topological polar surface area (TPSA) is 86.8 Å². The van der Waals surface area contributed by atoms with E-state index < -0.39 is 34.1 Å². The third-order valence-corrected chi connectivity index (χ3v) is 9.01. The van der Waals surface area contributed by atoms with Crippen molar-refractivity contribution >= 4 is 39.1 Å². The van der Waals surface area contributed by atoms with Gasteiger partial charge < -0.3 is 10.2 Å². The molecular weight excluding hydrogens is 558 g/mol. The fourth-order valence-corrected chi connectivity index (χ4v) is 6.03. The van der Waals surface area contributed by atoms with Crippen LogP contribution in [0.25, 0.3) is 0 Å². The first-order valence-corrected chi connectivity index (χ1v) is 15.5. The van der Waals surface area contributed by atoms with Crippen molar-refractivity contribution in [2.45, 2.75) is 77.9 Å². The van der Waals surface area contributed by atoms with E-state index in [1.165, 1.54) is 17.0 Å². The molecule has 0 fully saturated rings. The predicted molar refractivity (Wildman–Crippen MR) is 166 cm³/mol. The molecule has 2 amide bonds. The predicted octanol–water partition coefficient (Wildman–Crippen LogP) is 6.18. The molecule has 7 nitrogen and oxygen atoms in total. The summed E-state index contributed by atoms with van der Waals surface area (Å²) in [4.78, 5) is 29.2. The number of amides is 2. The van der Waals surface area contributed by atoms with E-state index in [0.717, 1.165) is 26.6 Å².